The lowest BCUT2D eigenvalue weighted by molar-refractivity contribution is 0.895. The van der Waals surface area contributed by atoms with Gasteiger partial charge in [0.25, 0.3) is 0 Å². The van der Waals surface area contributed by atoms with Crippen LogP contribution >= 0.6 is 0 Å². The molecule has 5 heteroatoms. The molecule has 0 saturated carbocycles. The molecule has 0 saturated heterocycles. The van der Waals surface area contributed by atoms with Crippen LogP contribution in [0.25, 0.3) is 5.65 Å². The number of benzene rings is 1. The molecule has 0 spiro atoms. The van der Waals surface area contributed by atoms with Crippen LogP contribution in [0.15, 0.2) is 36.7 Å². The molecule has 0 unspecified atom stereocenters. The Morgan fingerprint density at radius 3 is 2.67 bits per heavy atom. The summed E-state index contributed by atoms with van der Waals surface area (Å²) in [4.78, 5) is 0. The molecular formula is C13H13N5. The standard InChI is InChI=1S/C13H13N5/c1-9-3-5-11(6-4-9)15-12-7-10(2)17-18-8-14-16-13(12)18/h3-8,15H,1-2H3. The maximum absolute atomic E-state index is 4.30. The minimum absolute atomic E-state index is 0.723. The first-order chi connectivity index (χ1) is 8.72. The first-order valence-electron chi connectivity index (χ1n) is 5.74. The quantitative estimate of drug-likeness (QED) is 0.746. The molecule has 0 aliphatic rings. The molecule has 0 aliphatic carbocycles. The van der Waals surface area contributed by atoms with E-state index in [1.165, 1.54) is 5.56 Å². The van der Waals surface area contributed by atoms with Crippen molar-refractivity contribution in [2.45, 2.75) is 13.8 Å². The summed E-state index contributed by atoms with van der Waals surface area (Å²) in [6.07, 6.45) is 1.60. The highest BCUT2D eigenvalue weighted by molar-refractivity contribution is 5.73. The molecule has 0 aliphatic heterocycles. The molecule has 2 heterocycles. The van der Waals surface area contributed by atoms with Crippen molar-refractivity contribution in [3.05, 3.63) is 47.9 Å². The van der Waals surface area contributed by atoms with E-state index in [1.807, 2.05) is 25.1 Å². The molecule has 0 bridgehead atoms. The minimum Gasteiger partial charge on any atom is -0.352 e. The largest absolute Gasteiger partial charge is 0.352 e. The zero-order chi connectivity index (χ0) is 12.5. The van der Waals surface area contributed by atoms with Gasteiger partial charge in [-0.15, -0.1) is 10.2 Å². The lowest BCUT2D eigenvalue weighted by atomic mass is 10.2. The number of aryl methyl sites for hydroxylation is 2. The van der Waals surface area contributed by atoms with E-state index in [0.717, 1.165) is 22.7 Å². The van der Waals surface area contributed by atoms with Crippen molar-refractivity contribution in [3.8, 4) is 0 Å². The van der Waals surface area contributed by atoms with Gasteiger partial charge in [-0.05, 0) is 32.0 Å². The van der Waals surface area contributed by atoms with Gasteiger partial charge in [0.2, 0.25) is 5.65 Å². The maximum Gasteiger partial charge on any atom is 0.201 e. The Bertz CT molecular complexity index is 684. The van der Waals surface area contributed by atoms with Gasteiger partial charge in [0.05, 0.1) is 11.4 Å². The lowest BCUT2D eigenvalue weighted by Gasteiger charge is -2.08. The highest BCUT2D eigenvalue weighted by Crippen LogP contribution is 2.20. The number of hydrogen-bond acceptors (Lipinski definition) is 4. The van der Waals surface area contributed by atoms with E-state index >= 15 is 0 Å². The highest BCUT2D eigenvalue weighted by Gasteiger charge is 2.06. The van der Waals surface area contributed by atoms with Crippen LogP contribution in [0.2, 0.25) is 0 Å². The van der Waals surface area contributed by atoms with Gasteiger partial charge in [0.1, 0.15) is 6.33 Å². The fourth-order valence-electron chi connectivity index (χ4n) is 1.84. The summed E-state index contributed by atoms with van der Waals surface area (Å²) < 4.78 is 1.67. The van der Waals surface area contributed by atoms with Gasteiger partial charge in [-0.1, -0.05) is 17.7 Å². The van der Waals surface area contributed by atoms with Crippen molar-refractivity contribution >= 4 is 17.0 Å². The van der Waals surface area contributed by atoms with Gasteiger partial charge in [-0.3, -0.25) is 0 Å². The Morgan fingerprint density at radius 1 is 1.11 bits per heavy atom. The summed E-state index contributed by atoms with van der Waals surface area (Å²) in [5.74, 6) is 0. The third kappa shape index (κ3) is 1.90. The van der Waals surface area contributed by atoms with Crippen molar-refractivity contribution in [2.75, 3.05) is 5.32 Å². The van der Waals surface area contributed by atoms with E-state index in [0.29, 0.717) is 0 Å². The van der Waals surface area contributed by atoms with Crippen LogP contribution in [0, 0.1) is 13.8 Å². The molecule has 90 valence electrons. The molecule has 0 amide bonds. The molecule has 1 aromatic carbocycles. The number of nitrogens with zero attached hydrogens (tertiary/aromatic N) is 4. The second kappa shape index (κ2) is 4.10. The summed E-state index contributed by atoms with van der Waals surface area (Å²) in [5.41, 5.74) is 4.80. The summed E-state index contributed by atoms with van der Waals surface area (Å²) in [6, 6.07) is 10.2. The molecule has 1 N–H and O–H groups in total. The first-order valence-corrected chi connectivity index (χ1v) is 5.74. The smallest absolute Gasteiger partial charge is 0.201 e. The van der Waals surface area contributed by atoms with Crippen molar-refractivity contribution in [3.63, 3.8) is 0 Å². The molecule has 3 rings (SSSR count). The monoisotopic (exact) mass is 239 g/mol. The number of anilines is 2. The number of aromatic nitrogens is 4. The van der Waals surface area contributed by atoms with Gasteiger partial charge in [0.15, 0.2) is 0 Å². The Kier molecular flexibility index (Phi) is 2.44. The van der Waals surface area contributed by atoms with Crippen LogP contribution in [0.4, 0.5) is 11.4 Å². The van der Waals surface area contributed by atoms with Crippen LogP contribution in [0.5, 0.6) is 0 Å². The van der Waals surface area contributed by atoms with Gasteiger partial charge in [-0.2, -0.15) is 9.61 Å². The predicted octanol–water partition coefficient (Wildman–Crippen LogP) is 2.48. The average Bonchev–Trinajstić information content (AvgIpc) is 2.80. The van der Waals surface area contributed by atoms with E-state index in [9.17, 15) is 0 Å². The normalized spacial score (nSPS) is 10.8. The minimum atomic E-state index is 0.723. The summed E-state index contributed by atoms with van der Waals surface area (Å²) in [5, 5.41) is 15.6. The van der Waals surface area contributed by atoms with E-state index < -0.39 is 0 Å². The molecule has 18 heavy (non-hydrogen) atoms. The van der Waals surface area contributed by atoms with Crippen LogP contribution in [0.3, 0.4) is 0 Å². The zero-order valence-corrected chi connectivity index (χ0v) is 10.3. The second-order valence-electron chi connectivity index (χ2n) is 4.29. The van der Waals surface area contributed by atoms with Crippen molar-refractivity contribution in [2.24, 2.45) is 0 Å². The van der Waals surface area contributed by atoms with Gasteiger partial charge in [-0.25, -0.2) is 0 Å². The maximum atomic E-state index is 4.30. The van der Waals surface area contributed by atoms with Gasteiger partial charge in [0, 0.05) is 5.69 Å². The van der Waals surface area contributed by atoms with Crippen LogP contribution in [-0.2, 0) is 0 Å². The Hall–Kier alpha value is -2.43. The van der Waals surface area contributed by atoms with Gasteiger partial charge < -0.3 is 5.32 Å². The topological polar surface area (TPSA) is 55.1 Å². The van der Waals surface area contributed by atoms with Crippen molar-refractivity contribution in [1.29, 1.82) is 0 Å². The number of rotatable bonds is 2. The van der Waals surface area contributed by atoms with Crippen molar-refractivity contribution in [1.82, 2.24) is 19.8 Å². The first kappa shape index (κ1) is 10.7. The number of nitrogens with one attached hydrogen (secondary N) is 1. The van der Waals surface area contributed by atoms with Crippen molar-refractivity contribution < 1.29 is 0 Å². The second-order valence-corrected chi connectivity index (χ2v) is 4.29. The summed E-state index contributed by atoms with van der Waals surface area (Å²) in [6.45, 7) is 4.01. The fraction of sp³-hybridized carbons (Fsp3) is 0.154. The zero-order valence-electron chi connectivity index (χ0n) is 10.3. The molecular weight excluding hydrogens is 226 g/mol. The third-order valence-electron chi connectivity index (χ3n) is 2.72. The molecule has 0 atom stereocenters. The molecule has 5 nitrogen and oxygen atoms in total. The lowest BCUT2D eigenvalue weighted by Crippen LogP contribution is -1.99. The van der Waals surface area contributed by atoms with E-state index in [4.69, 9.17) is 0 Å². The van der Waals surface area contributed by atoms with E-state index in [1.54, 1.807) is 10.8 Å². The molecule has 0 radical (unpaired) electrons. The third-order valence-corrected chi connectivity index (χ3v) is 2.72. The van der Waals surface area contributed by atoms with Crippen LogP contribution < -0.4 is 5.32 Å². The molecule has 2 aromatic heterocycles. The van der Waals surface area contributed by atoms with Crippen LogP contribution in [0.1, 0.15) is 11.3 Å². The van der Waals surface area contributed by atoms with Gasteiger partial charge >= 0.3 is 0 Å². The highest BCUT2D eigenvalue weighted by atomic mass is 15.3. The Balaban J connectivity index is 2.03. The fourth-order valence-corrected chi connectivity index (χ4v) is 1.84. The predicted molar refractivity (Wildman–Crippen MR) is 70.0 cm³/mol. The van der Waals surface area contributed by atoms with Crippen LogP contribution in [-0.4, -0.2) is 19.8 Å². The number of hydrogen-bond donors (Lipinski definition) is 1. The summed E-state index contributed by atoms with van der Waals surface area (Å²) >= 11 is 0. The Labute approximate surface area is 104 Å². The number of fused-ring (bicyclic) bond motifs is 1. The van der Waals surface area contributed by atoms with E-state index in [-0.39, 0.29) is 0 Å². The molecule has 0 fully saturated rings. The molecule has 3 aromatic rings. The summed E-state index contributed by atoms with van der Waals surface area (Å²) in [7, 11) is 0. The average molecular weight is 239 g/mol. The van der Waals surface area contributed by atoms with E-state index in [2.05, 4.69) is 39.7 Å². The SMILES string of the molecule is Cc1ccc(Nc2cc(C)nn3cnnc23)cc1. The Morgan fingerprint density at radius 2 is 1.89 bits per heavy atom.